The van der Waals surface area contributed by atoms with Gasteiger partial charge in [0.1, 0.15) is 11.6 Å². The standard InChI is InChI=1S/C23H29N5O/c1-15-24-14-21(28(15)4)17-5-6-18-13-25-22(12-19(18)11-17)26-23(29)16-7-9-20(10-8-16)27(2)3/h5-6,11-14,16,20H,7-10H2,1-4H3,(H,25,26,29). The Labute approximate surface area is 172 Å². The first-order valence-corrected chi connectivity index (χ1v) is 10.3. The first-order chi connectivity index (χ1) is 13.9. The van der Waals surface area contributed by atoms with Crippen molar-refractivity contribution in [2.45, 2.75) is 38.6 Å². The number of imidazole rings is 1. The zero-order chi connectivity index (χ0) is 20.5. The fourth-order valence-corrected chi connectivity index (χ4v) is 4.22. The normalized spacial score (nSPS) is 19.6. The van der Waals surface area contributed by atoms with E-state index in [0.29, 0.717) is 11.9 Å². The third-order valence-corrected chi connectivity index (χ3v) is 6.29. The van der Waals surface area contributed by atoms with Crippen LogP contribution in [0.5, 0.6) is 0 Å². The molecule has 0 unspecified atom stereocenters. The number of hydrogen-bond acceptors (Lipinski definition) is 4. The second-order valence-corrected chi connectivity index (χ2v) is 8.34. The molecule has 1 aromatic carbocycles. The van der Waals surface area contributed by atoms with Gasteiger partial charge in [0, 0.05) is 36.2 Å². The van der Waals surface area contributed by atoms with Gasteiger partial charge in [0.25, 0.3) is 0 Å². The second kappa shape index (κ2) is 7.95. The van der Waals surface area contributed by atoms with E-state index in [1.807, 2.05) is 32.4 Å². The summed E-state index contributed by atoms with van der Waals surface area (Å²) >= 11 is 0. The van der Waals surface area contributed by atoms with Gasteiger partial charge < -0.3 is 14.8 Å². The van der Waals surface area contributed by atoms with E-state index in [9.17, 15) is 4.79 Å². The molecule has 1 aliphatic carbocycles. The van der Waals surface area contributed by atoms with Crippen LogP contribution in [0.25, 0.3) is 22.0 Å². The molecule has 0 atom stereocenters. The fraction of sp³-hybridized carbons (Fsp3) is 0.435. The molecule has 0 bridgehead atoms. The van der Waals surface area contributed by atoms with E-state index in [-0.39, 0.29) is 11.8 Å². The summed E-state index contributed by atoms with van der Waals surface area (Å²) in [7, 11) is 6.25. The SMILES string of the molecule is Cc1ncc(-c2ccc3cnc(NC(=O)C4CCC(N(C)C)CC4)cc3c2)n1C. The molecule has 29 heavy (non-hydrogen) atoms. The molecule has 3 aromatic rings. The lowest BCUT2D eigenvalue weighted by Gasteiger charge is -2.31. The number of rotatable bonds is 4. The largest absolute Gasteiger partial charge is 0.331 e. The fourth-order valence-electron chi connectivity index (χ4n) is 4.22. The van der Waals surface area contributed by atoms with E-state index in [2.05, 4.69) is 57.0 Å². The molecule has 1 amide bonds. The summed E-state index contributed by atoms with van der Waals surface area (Å²) in [4.78, 5) is 23.8. The van der Waals surface area contributed by atoms with Crippen molar-refractivity contribution in [1.82, 2.24) is 19.4 Å². The van der Waals surface area contributed by atoms with Gasteiger partial charge in [-0.25, -0.2) is 9.97 Å². The highest BCUT2D eigenvalue weighted by Crippen LogP contribution is 2.29. The summed E-state index contributed by atoms with van der Waals surface area (Å²) < 4.78 is 2.08. The monoisotopic (exact) mass is 391 g/mol. The molecule has 1 N–H and O–H groups in total. The van der Waals surface area contributed by atoms with Crippen LogP contribution in [-0.4, -0.2) is 45.5 Å². The number of amides is 1. The molecule has 1 fully saturated rings. The molecule has 2 aromatic heterocycles. The smallest absolute Gasteiger partial charge is 0.228 e. The van der Waals surface area contributed by atoms with Crippen molar-refractivity contribution < 1.29 is 4.79 Å². The van der Waals surface area contributed by atoms with E-state index in [4.69, 9.17) is 0 Å². The van der Waals surface area contributed by atoms with Crippen molar-refractivity contribution in [3.63, 3.8) is 0 Å². The van der Waals surface area contributed by atoms with Gasteiger partial charge in [0.05, 0.1) is 11.9 Å². The minimum absolute atomic E-state index is 0.0763. The average Bonchev–Trinajstić information content (AvgIpc) is 3.06. The van der Waals surface area contributed by atoms with Crippen molar-refractivity contribution in [3.05, 3.63) is 42.5 Å². The predicted molar refractivity (Wildman–Crippen MR) is 117 cm³/mol. The highest BCUT2D eigenvalue weighted by Gasteiger charge is 2.27. The van der Waals surface area contributed by atoms with E-state index >= 15 is 0 Å². The molecule has 1 saturated carbocycles. The molecule has 6 nitrogen and oxygen atoms in total. The van der Waals surface area contributed by atoms with Crippen LogP contribution in [0.4, 0.5) is 5.82 Å². The van der Waals surface area contributed by atoms with E-state index in [1.54, 1.807) is 0 Å². The van der Waals surface area contributed by atoms with Gasteiger partial charge in [-0.15, -0.1) is 0 Å². The van der Waals surface area contributed by atoms with E-state index < -0.39 is 0 Å². The van der Waals surface area contributed by atoms with Crippen LogP contribution in [0.15, 0.2) is 36.7 Å². The zero-order valence-corrected chi connectivity index (χ0v) is 17.6. The Morgan fingerprint density at radius 2 is 1.83 bits per heavy atom. The number of aryl methyl sites for hydroxylation is 1. The number of pyridine rings is 1. The molecule has 6 heteroatoms. The van der Waals surface area contributed by atoms with Crippen LogP contribution in [0.3, 0.4) is 0 Å². The Morgan fingerprint density at radius 3 is 2.48 bits per heavy atom. The molecule has 1 aliphatic rings. The molecule has 152 valence electrons. The first-order valence-electron chi connectivity index (χ1n) is 10.3. The van der Waals surface area contributed by atoms with Gasteiger partial charge in [0.15, 0.2) is 0 Å². The molecule has 0 saturated heterocycles. The van der Waals surface area contributed by atoms with Crippen molar-refractivity contribution in [1.29, 1.82) is 0 Å². The molecule has 0 aliphatic heterocycles. The number of carbonyl (C=O) groups is 1. The third kappa shape index (κ3) is 4.03. The molecular formula is C23H29N5O. The summed E-state index contributed by atoms with van der Waals surface area (Å²) in [6.45, 7) is 1.99. The maximum atomic E-state index is 12.7. The number of hydrogen-bond donors (Lipinski definition) is 1. The van der Waals surface area contributed by atoms with Crippen LogP contribution in [0, 0.1) is 12.8 Å². The zero-order valence-electron chi connectivity index (χ0n) is 17.6. The van der Waals surface area contributed by atoms with E-state index in [1.165, 1.54) is 0 Å². The number of nitrogens with zero attached hydrogens (tertiary/aromatic N) is 4. The number of anilines is 1. The Kier molecular flexibility index (Phi) is 5.37. The summed E-state index contributed by atoms with van der Waals surface area (Å²) in [5, 5.41) is 5.15. The Bertz CT molecular complexity index is 1030. The number of benzene rings is 1. The molecule has 4 rings (SSSR count). The lowest BCUT2D eigenvalue weighted by atomic mass is 9.85. The Balaban J connectivity index is 1.51. The Morgan fingerprint density at radius 1 is 1.07 bits per heavy atom. The van der Waals surface area contributed by atoms with Gasteiger partial charge in [-0.05, 0) is 64.2 Å². The number of carbonyl (C=O) groups excluding carboxylic acids is 1. The van der Waals surface area contributed by atoms with Crippen molar-refractivity contribution >= 4 is 22.5 Å². The summed E-state index contributed by atoms with van der Waals surface area (Å²) in [6, 6.07) is 8.83. The highest BCUT2D eigenvalue weighted by atomic mass is 16.1. The van der Waals surface area contributed by atoms with Crippen LogP contribution < -0.4 is 5.32 Å². The van der Waals surface area contributed by atoms with Crippen LogP contribution in [0.2, 0.25) is 0 Å². The number of fused-ring (bicyclic) bond motifs is 1. The van der Waals surface area contributed by atoms with Gasteiger partial charge >= 0.3 is 0 Å². The molecule has 0 spiro atoms. The summed E-state index contributed by atoms with van der Waals surface area (Å²) in [6.07, 6.45) is 7.74. The first kappa shape index (κ1) is 19.6. The van der Waals surface area contributed by atoms with Gasteiger partial charge in [-0.2, -0.15) is 0 Å². The van der Waals surface area contributed by atoms with Crippen LogP contribution >= 0.6 is 0 Å². The van der Waals surface area contributed by atoms with Crippen molar-refractivity contribution in [2.24, 2.45) is 13.0 Å². The minimum Gasteiger partial charge on any atom is -0.331 e. The van der Waals surface area contributed by atoms with Gasteiger partial charge in [-0.3, -0.25) is 4.79 Å². The lowest BCUT2D eigenvalue weighted by molar-refractivity contribution is -0.121. The highest BCUT2D eigenvalue weighted by molar-refractivity contribution is 5.95. The maximum absolute atomic E-state index is 12.7. The van der Waals surface area contributed by atoms with Crippen LogP contribution in [0.1, 0.15) is 31.5 Å². The van der Waals surface area contributed by atoms with Crippen LogP contribution in [-0.2, 0) is 11.8 Å². The topological polar surface area (TPSA) is 63.1 Å². The summed E-state index contributed by atoms with van der Waals surface area (Å²) in [5.41, 5.74) is 2.18. The lowest BCUT2D eigenvalue weighted by Crippen LogP contribution is -2.35. The van der Waals surface area contributed by atoms with Crippen molar-refractivity contribution in [3.8, 4) is 11.3 Å². The third-order valence-electron chi connectivity index (χ3n) is 6.29. The van der Waals surface area contributed by atoms with Gasteiger partial charge in [0.2, 0.25) is 5.91 Å². The maximum Gasteiger partial charge on any atom is 0.228 e. The molecule has 0 radical (unpaired) electrons. The van der Waals surface area contributed by atoms with Crippen molar-refractivity contribution in [2.75, 3.05) is 19.4 Å². The second-order valence-electron chi connectivity index (χ2n) is 8.34. The minimum atomic E-state index is 0.0763. The quantitative estimate of drug-likeness (QED) is 0.730. The van der Waals surface area contributed by atoms with Gasteiger partial charge in [-0.1, -0.05) is 12.1 Å². The average molecular weight is 392 g/mol. The number of aromatic nitrogens is 3. The molecule has 2 heterocycles. The predicted octanol–water partition coefficient (Wildman–Crippen LogP) is 4.00. The molecular weight excluding hydrogens is 362 g/mol. The van der Waals surface area contributed by atoms with E-state index in [0.717, 1.165) is 53.5 Å². The summed E-state index contributed by atoms with van der Waals surface area (Å²) in [5.74, 6) is 1.77. The number of nitrogens with one attached hydrogen (secondary N) is 1. The Hall–Kier alpha value is -2.73.